The van der Waals surface area contributed by atoms with E-state index in [-0.39, 0.29) is 23.9 Å². The van der Waals surface area contributed by atoms with Crippen molar-refractivity contribution in [2.75, 3.05) is 19.7 Å². The third-order valence-corrected chi connectivity index (χ3v) is 4.48. The summed E-state index contributed by atoms with van der Waals surface area (Å²) in [5, 5.41) is 3.14. The Balaban J connectivity index is 1.92. The molecule has 1 aliphatic heterocycles. The maximum atomic E-state index is 12.6. The molecule has 0 aliphatic carbocycles. The fourth-order valence-corrected chi connectivity index (χ4v) is 3.11. The van der Waals surface area contributed by atoms with Gasteiger partial charge >= 0.3 is 5.97 Å². The van der Waals surface area contributed by atoms with E-state index in [2.05, 4.69) is 5.32 Å². The number of carbonyl (C=O) groups is 2. The predicted octanol–water partition coefficient (Wildman–Crippen LogP) is 2.76. The molecule has 0 saturated carbocycles. The number of hydrogen-bond acceptors (Lipinski definition) is 5. The van der Waals surface area contributed by atoms with Gasteiger partial charge in [0.15, 0.2) is 5.11 Å². The van der Waals surface area contributed by atoms with Gasteiger partial charge in [-0.1, -0.05) is 12.1 Å². The second-order valence-electron chi connectivity index (χ2n) is 6.44. The van der Waals surface area contributed by atoms with Gasteiger partial charge in [-0.25, -0.2) is 0 Å². The highest BCUT2D eigenvalue weighted by Crippen LogP contribution is 2.21. The minimum Gasteiger partial charge on any atom is -0.490 e. The lowest BCUT2D eigenvalue weighted by Gasteiger charge is -2.32. The molecule has 0 bridgehead atoms. The number of carbonyl (C=O) groups excluding carboxylic acids is 2. The number of esters is 1. The molecule has 0 radical (unpaired) electrons. The number of thiocarbonyl (C=S) groups is 1. The largest absolute Gasteiger partial charge is 0.490 e. The number of ether oxygens (including phenoxy) is 2. The first-order chi connectivity index (χ1) is 12.4. The quantitative estimate of drug-likeness (QED) is 0.628. The number of rotatable bonds is 5. The van der Waals surface area contributed by atoms with E-state index in [1.54, 1.807) is 25.1 Å². The molecule has 0 atom stereocenters. The van der Waals surface area contributed by atoms with E-state index in [1.807, 2.05) is 24.8 Å². The van der Waals surface area contributed by atoms with Gasteiger partial charge in [0.25, 0.3) is 5.91 Å². The molecule has 142 valence electrons. The van der Waals surface area contributed by atoms with Crippen LogP contribution in [0.25, 0.3) is 0 Å². The Bertz CT molecular complexity index is 655. The number of para-hydroxylation sites is 1. The molecule has 26 heavy (non-hydrogen) atoms. The molecule has 1 fully saturated rings. The van der Waals surface area contributed by atoms with Gasteiger partial charge in [0, 0.05) is 13.1 Å². The summed E-state index contributed by atoms with van der Waals surface area (Å²) in [6.45, 7) is 7.25. The molecule has 1 aromatic rings. The zero-order valence-electron chi connectivity index (χ0n) is 15.5. The summed E-state index contributed by atoms with van der Waals surface area (Å²) in [6, 6.07) is 7.09. The van der Waals surface area contributed by atoms with Crippen LogP contribution in [-0.2, 0) is 9.53 Å². The van der Waals surface area contributed by atoms with Crippen LogP contribution in [0.15, 0.2) is 24.3 Å². The van der Waals surface area contributed by atoms with Crippen LogP contribution in [0.3, 0.4) is 0 Å². The maximum Gasteiger partial charge on any atom is 0.309 e. The molecule has 1 N–H and O–H groups in total. The van der Waals surface area contributed by atoms with E-state index in [0.717, 1.165) is 0 Å². The van der Waals surface area contributed by atoms with Crippen molar-refractivity contribution in [2.24, 2.45) is 5.92 Å². The van der Waals surface area contributed by atoms with E-state index >= 15 is 0 Å². The number of piperidine rings is 1. The van der Waals surface area contributed by atoms with Gasteiger partial charge in [0.2, 0.25) is 0 Å². The minimum atomic E-state index is -0.293. The average molecular weight is 378 g/mol. The average Bonchev–Trinajstić information content (AvgIpc) is 2.62. The molecule has 1 heterocycles. The van der Waals surface area contributed by atoms with Crippen molar-refractivity contribution in [1.29, 1.82) is 0 Å². The fourth-order valence-electron chi connectivity index (χ4n) is 2.83. The van der Waals surface area contributed by atoms with Gasteiger partial charge in [-0.15, -0.1) is 0 Å². The minimum absolute atomic E-state index is 0.0298. The van der Waals surface area contributed by atoms with Crippen LogP contribution in [0.4, 0.5) is 0 Å². The van der Waals surface area contributed by atoms with Crippen molar-refractivity contribution < 1.29 is 19.1 Å². The summed E-state index contributed by atoms with van der Waals surface area (Å²) < 4.78 is 10.8. The lowest BCUT2D eigenvalue weighted by Crippen LogP contribution is -2.47. The van der Waals surface area contributed by atoms with Crippen molar-refractivity contribution in [2.45, 2.75) is 39.7 Å². The van der Waals surface area contributed by atoms with Crippen LogP contribution >= 0.6 is 12.2 Å². The molecule has 0 aromatic heterocycles. The number of amides is 1. The molecule has 2 rings (SSSR count). The van der Waals surface area contributed by atoms with Crippen LogP contribution in [0, 0.1) is 5.92 Å². The van der Waals surface area contributed by atoms with E-state index in [4.69, 9.17) is 21.7 Å². The summed E-state index contributed by atoms with van der Waals surface area (Å²) >= 11 is 5.37. The molecule has 0 unspecified atom stereocenters. The van der Waals surface area contributed by atoms with Gasteiger partial charge in [-0.2, -0.15) is 0 Å². The van der Waals surface area contributed by atoms with Crippen molar-refractivity contribution in [3.8, 4) is 5.75 Å². The zero-order valence-corrected chi connectivity index (χ0v) is 16.3. The first kappa shape index (κ1) is 20.2. The Labute approximate surface area is 159 Å². The molecular weight excluding hydrogens is 352 g/mol. The summed E-state index contributed by atoms with van der Waals surface area (Å²) in [4.78, 5) is 26.3. The molecule has 1 aliphatic rings. The van der Waals surface area contributed by atoms with Crippen LogP contribution in [-0.4, -0.2) is 47.7 Å². The Kier molecular flexibility index (Phi) is 7.38. The molecule has 1 amide bonds. The summed E-state index contributed by atoms with van der Waals surface area (Å²) in [7, 11) is 0. The van der Waals surface area contributed by atoms with Gasteiger partial charge in [0.1, 0.15) is 5.75 Å². The monoisotopic (exact) mass is 378 g/mol. The number of nitrogens with zero attached hydrogens (tertiary/aromatic N) is 1. The lowest BCUT2D eigenvalue weighted by atomic mass is 9.97. The van der Waals surface area contributed by atoms with Gasteiger partial charge in [-0.3, -0.25) is 14.9 Å². The van der Waals surface area contributed by atoms with E-state index in [9.17, 15) is 9.59 Å². The topological polar surface area (TPSA) is 67.9 Å². The number of hydrogen-bond donors (Lipinski definition) is 1. The van der Waals surface area contributed by atoms with Gasteiger partial charge < -0.3 is 14.4 Å². The van der Waals surface area contributed by atoms with Crippen LogP contribution in [0.2, 0.25) is 0 Å². The normalized spacial score (nSPS) is 14.8. The lowest BCUT2D eigenvalue weighted by molar-refractivity contribution is -0.149. The van der Waals surface area contributed by atoms with Crippen molar-refractivity contribution in [3.05, 3.63) is 29.8 Å². The predicted molar refractivity (Wildman–Crippen MR) is 103 cm³/mol. The van der Waals surface area contributed by atoms with E-state index in [0.29, 0.717) is 49.0 Å². The first-order valence-electron chi connectivity index (χ1n) is 8.95. The molecule has 0 spiro atoms. The summed E-state index contributed by atoms with van der Waals surface area (Å²) in [6.07, 6.45) is 1.31. The molecular formula is C19H26N2O4S. The highest BCUT2D eigenvalue weighted by molar-refractivity contribution is 7.80. The summed E-state index contributed by atoms with van der Waals surface area (Å²) in [5.74, 6) is -0.00526. The van der Waals surface area contributed by atoms with Crippen LogP contribution in [0.1, 0.15) is 44.0 Å². The van der Waals surface area contributed by atoms with Crippen molar-refractivity contribution in [1.82, 2.24) is 10.2 Å². The van der Waals surface area contributed by atoms with Gasteiger partial charge in [0.05, 0.1) is 24.2 Å². The maximum absolute atomic E-state index is 12.6. The Morgan fingerprint density at radius 2 is 1.92 bits per heavy atom. The Morgan fingerprint density at radius 1 is 1.27 bits per heavy atom. The number of nitrogens with one attached hydrogen (secondary N) is 1. The van der Waals surface area contributed by atoms with Crippen molar-refractivity contribution >= 4 is 29.2 Å². The van der Waals surface area contributed by atoms with E-state index in [1.165, 1.54) is 0 Å². The third-order valence-electron chi connectivity index (χ3n) is 4.12. The molecule has 6 nitrogen and oxygen atoms in total. The second kappa shape index (κ2) is 9.52. The third kappa shape index (κ3) is 5.42. The highest BCUT2D eigenvalue weighted by Gasteiger charge is 2.27. The van der Waals surface area contributed by atoms with E-state index < -0.39 is 0 Å². The number of benzene rings is 1. The Morgan fingerprint density at radius 3 is 2.54 bits per heavy atom. The smallest absolute Gasteiger partial charge is 0.309 e. The van der Waals surface area contributed by atoms with Crippen LogP contribution in [0.5, 0.6) is 5.75 Å². The SMILES string of the molecule is CCOC(=O)C1CCN(C(=S)NC(=O)c2ccccc2OC(C)C)CC1. The second-order valence-corrected chi connectivity index (χ2v) is 6.82. The van der Waals surface area contributed by atoms with Crippen molar-refractivity contribution in [3.63, 3.8) is 0 Å². The zero-order chi connectivity index (χ0) is 19.1. The highest BCUT2D eigenvalue weighted by atomic mass is 32.1. The van der Waals surface area contributed by atoms with Gasteiger partial charge in [-0.05, 0) is 58.0 Å². The molecule has 1 saturated heterocycles. The number of likely N-dealkylation sites (tertiary alicyclic amines) is 1. The first-order valence-corrected chi connectivity index (χ1v) is 9.35. The Hall–Kier alpha value is -2.15. The standard InChI is InChI=1S/C19H26N2O4S/c1-4-24-18(23)14-9-11-21(12-10-14)19(26)20-17(22)15-7-5-6-8-16(15)25-13(2)3/h5-8,13-14H,4,9-12H2,1-3H3,(H,20,22,26). The van der Waals surface area contributed by atoms with Crippen LogP contribution < -0.4 is 10.1 Å². The summed E-state index contributed by atoms with van der Waals surface area (Å²) in [5.41, 5.74) is 0.449. The fraction of sp³-hybridized carbons (Fsp3) is 0.526. The molecule has 1 aromatic carbocycles. The molecule has 7 heteroatoms.